The highest BCUT2D eigenvalue weighted by Gasteiger charge is 2.07. The van der Waals surface area contributed by atoms with Crippen LogP contribution in [-0.2, 0) is 16.5 Å². The lowest BCUT2D eigenvalue weighted by molar-refractivity contribution is -0.569. The van der Waals surface area contributed by atoms with E-state index in [0.717, 1.165) is 4.57 Å². The normalized spacial score (nSPS) is 11.3. The van der Waals surface area contributed by atoms with Gasteiger partial charge in [0.15, 0.2) is 0 Å². The third kappa shape index (κ3) is 4.05. The van der Waals surface area contributed by atoms with E-state index in [1.807, 2.05) is 0 Å². The van der Waals surface area contributed by atoms with Gasteiger partial charge >= 0.3 is 6.03 Å². The van der Waals surface area contributed by atoms with Crippen molar-refractivity contribution >= 4 is 16.1 Å². The maximum Gasteiger partial charge on any atom is 0.493 e. The van der Waals surface area contributed by atoms with Gasteiger partial charge in [0.1, 0.15) is 0 Å². The highest BCUT2D eigenvalue weighted by atomic mass is 32.2. The van der Waals surface area contributed by atoms with Crippen LogP contribution in [-0.4, -0.2) is 24.8 Å². The minimum Gasteiger partial charge on any atom is -0.286 e. The molecule has 1 aromatic rings. The first-order valence-electron chi connectivity index (χ1n) is 4.13. The number of carbonyl (C=O) groups is 1. The molecule has 0 radical (unpaired) electrons. The van der Waals surface area contributed by atoms with E-state index < -0.39 is 16.1 Å². The molecule has 0 aliphatic carbocycles. The number of nitrogens with zero attached hydrogens (tertiary/aromatic N) is 1. The lowest BCUT2D eigenvalue weighted by Crippen LogP contribution is -2.46. The maximum absolute atomic E-state index is 10.7. The second-order valence-corrected chi connectivity index (χ2v) is 4.56. The van der Waals surface area contributed by atoms with Crippen LogP contribution in [0.2, 0.25) is 0 Å². The van der Waals surface area contributed by atoms with Crippen molar-refractivity contribution in [2.75, 3.05) is 5.75 Å². The first-order valence-corrected chi connectivity index (χ1v) is 5.74. The molecule has 0 saturated heterocycles. The molecule has 3 N–H and O–H groups in total. The Morgan fingerprint density at radius 3 is 2.33 bits per heavy atom. The lowest BCUT2D eigenvalue weighted by Gasteiger charge is -1.98. The first-order chi connectivity index (χ1) is 6.88. The topological polar surface area (TPSA) is 101 Å². The highest BCUT2D eigenvalue weighted by molar-refractivity contribution is 7.85. The number of hydrogen-bond acceptors (Lipinski definition) is 3. The van der Waals surface area contributed by atoms with Crippen LogP contribution in [0.1, 0.15) is 5.56 Å². The van der Waals surface area contributed by atoms with Crippen molar-refractivity contribution in [2.45, 2.75) is 6.42 Å². The number of carbonyl (C=O) groups excluding carboxylic acids is 1. The zero-order valence-electron chi connectivity index (χ0n) is 7.83. The summed E-state index contributed by atoms with van der Waals surface area (Å²) in [5, 5.41) is 0. The van der Waals surface area contributed by atoms with Crippen molar-refractivity contribution in [2.24, 2.45) is 5.73 Å². The van der Waals surface area contributed by atoms with Crippen molar-refractivity contribution in [3.05, 3.63) is 30.1 Å². The molecule has 1 heterocycles. The van der Waals surface area contributed by atoms with Crippen molar-refractivity contribution in [3.8, 4) is 0 Å². The van der Waals surface area contributed by atoms with Crippen LogP contribution >= 0.6 is 0 Å². The van der Waals surface area contributed by atoms with Gasteiger partial charge in [-0.1, -0.05) is 0 Å². The summed E-state index contributed by atoms with van der Waals surface area (Å²) in [6, 6.07) is 2.52. The minimum atomic E-state index is -3.95. The van der Waals surface area contributed by atoms with Crippen LogP contribution in [0.4, 0.5) is 4.79 Å². The van der Waals surface area contributed by atoms with E-state index in [0.29, 0.717) is 5.56 Å². The van der Waals surface area contributed by atoms with Crippen molar-refractivity contribution in [3.63, 3.8) is 0 Å². The summed E-state index contributed by atoms with van der Waals surface area (Å²) in [6.07, 6.45) is 3.06. The molecule has 0 bridgehead atoms. The quantitative estimate of drug-likeness (QED) is 0.532. The minimum absolute atomic E-state index is 0.193. The molecule has 0 aliphatic heterocycles. The molecule has 1 aromatic heterocycles. The summed E-state index contributed by atoms with van der Waals surface area (Å²) in [4.78, 5) is 10.7. The monoisotopic (exact) mass is 231 g/mol. The van der Waals surface area contributed by atoms with Gasteiger partial charge < -0.3 is 0 Å². The van der Waals surface area contributed by atoms with Crippen molar-refractivity contribution < 1.29 is 22.3 Å². The third-order valence-corrected chi connectivity index (χ3v) is 2.52. The third-order valence-electron chi connectivity index (χ3n) is 1.80. The number of primary amides is 1. The molecule has 0 aromatic carbocycles. The maximum atomic E-state index is 10.7. The van der Waals surface area contributed by atoms with Crippen LogP contribution in [0, 0.1) is 0 Å². The molecule has 6 nitrogen and oxygen atoms in total. The Kier molecular flexibility index (Phi) is 3.38. The molecular formula is C8H11N2O4S+. The molecule has 0 atom stereocenters. The van der Waals surface area contributed by atoms with E-state index in [9.17, 15) is 13.2 Å². The second-order valence-electron chi connectivity index (χ2n) is 2.99. The van der Waals surface area contributed by atoms with Gasteiger partial charge in [0.05, 0.1) is 18.1 Å². The average Bonchev–Trinajstić information content (AvgIpc) is 2.14. The van der Waals surface area contributed by atoms with Crippen LogP contribution < -0.4 is 10.3 Å². The molecule has 1 rings (SSSR count). The van der Waals surface area contributed by atoms with Crippen LogP contribution in [0.15, 0.2) is 24.5 Å². The fourth-order valence-electron chi connectivity index (χ4n) is 1.02. The smallest absolute Gasteiger partial charge is 0.286 e. The largest absolute Gasteiger partial charge is 0.493 e. The van der Waals surface area contributed by atoms with Crippen LogP contribution in [0.5, 0.6) is 0 Å². The van der Waals surface area contributed by atoms with Crippen molar-refractivity contribution in [1.82, 2.24) is 0 Å². The highest BCUT2D eigenvalue weighted by Crippen LogP contribution is 1.98. The van der Waals surface area contributed by atoms with E-state index in [2.05, 4.69) is 0 Å². The fraction of sp³-hybridized carbons (Fsp3) is 0.250. The summed E-state index contributed by atoms with van der Waals surface area (Å²) >= 11 is 0. The Morgan fingerprint density at radius 2 is 1.93 bits per heavy atom. The fourth-order valence-corrected chi connectivity index (χ4v) is 1.51. The van der Waals surface area contributed by atoms with Crippen molar-refractivity contribution in [1.29, 1.82) is 0 Å². The molecule has 15 heavy (non-hydrogen) atoms. The van der Waals surface area contributed by atoms with Gasteiger partial charge in [0, 0.05) is 0 Å². The predicted molar refractivity (Wildman–Crippen MR) is 51.7 cm³/mol. The van der Waals surface area contributed by atoms with E-state index >= 15 is 0 Å². The van der Waals surface area contributed by atoms with E-state index in [-0.39, 0.29) is 12.2 Å². The van der Waals surface area contributed by atoms with Gasteiger partial charge in [0.25, 0.3) is 10.1 Å². The van der Waals surface area contributed by atoms with E-state index in [4.69, 9.17) is 10.3 Å². The summed E-state index contributed by atoms with van der Waals surface area (Å²) in [6.45, 7) is 0. The van der Waals surface area contributed by atoms with E-state index in [1.54, 1.807) is 12.1 Å². The Labute approximate surface area is 87.1 Å². The Balaban J connectivity index is 2.69. The molecule has 0 spiro atoms. The Morgan fingerprint density at radius 1 is 1.40 bits per heavy atom. The molecule has 7 heteroatoms. The van der Waals surface area contributed by atoms with Gasteiger partial charge in [-0.15, -0.1) is 0 Å². The first kappa shape index (κ1) is 11.6. The molecule has 0 fully saturated rings. The Hall–Kier alpha value is -1.47. The van der Waals surface area contributed by atoms with Gasteiger partial charge in [-0.3, -0.25) is 10.3 Å². The second kappa shape index (κ2) is 4.37. The number of aromatic nitrogens is 1. The molecular weight excluding hydrogens is 220 g/mol. The lowest BCUT2D eigenvalue weighted by atomic mass is 10.2. The summed E-state index contributed by atoms with van der Waals surface area (Å²) in [5.74, 6) is -0.340. The molecule has 1 amide bonds. The number of aryl methyl sites for hydroxylation is 1. The Bertz CT molecular complexity index is 452. The predicted octanol–water partition coefficient (Wildman–Crippen LogP) is -0.669. The summed E-state index contributed by atoms with van der Waals surface area (Å²) in [7, 11) is -3.95. The number of amides is 1. The molecule has 82 valence electrons. The number of rotatable bonds is 3. The van der Waals surface area contributed by atoms with Gasteiger partial charge in [-0.2, -0.15) is 17.8 Å². The van der Waals surface area contributed by atoms with Gasteiger partial charge in [-0.25, -0.2) is 0 Å². The van der Waals surface area contributed by atoms with Gasteiger partial charge in [0.2, 0.25) is 0 Å². The summed E-state index contributed by atoms with van der Waals surface area (Å²) in [5.41, 5.74) is 5.69. The number of nitrogens with two attached hydrogens (primary N) is 1. The molecule has 0 aliphatic rings. The zero-order chi connectivity index (χ0) is 11.5. The number of hydrogen-bond donors (Lipinski definition) is 2. The van der Waals surface area contributed by atoms with Crippen LogP contribution in [0.25, 0.3) is 0 Å². The average molecular weight is 231 g/mol. The SMILES string of the molecule is NC(=O)[n+]1ccc(CCS(=O)(=O)O)cc1. The van der Waals surface area contributed by atoms with Gasteiger partial charge in [-0.05, 0) is 24.1 Å². The molecule has 0 saturated carbocycles. The van der Waals surface area contributed by atoms with Crippen LogP contribution in [0.3, 0.4) is 0 Å². The number of pyridine rings is 1. The zero-order valence-corrected chi connectivity index (χ0v) is 8.64. The summed E-state index contributed by atoms with van der Waals surface area (Å²) < 4.78 is 30.6. The van der Waals surface area contributed by atoms with E-state index in [1.165, 1.54) is 12.4 Å². The standard InChI is InChI=1S/C8H10N2O4S/c9-8(11)10-4-1-7(2-5-10)3-6-15(12,13)14/h1-2,4-5H,3,6H2,(H2-,9,11,12,13,14)/p+1. The molecule has 0 unspecified atom stereocenters.